The molecule has 0 aliphatic carbocycles. The number of anilines is 1. The summed E-state index contributed by atoms with van der Waals surface area (Å²) >= 11 is 0. The lowest BCUT2D eigenvalue weighted by molar-refractivity contribution is -0.130. The fourth-order valence-corrected chi connectivity index (χ4v) is 3.42. The van der Waals surface area contributed by atoms with Gasteiger partial charge in [0, 0.05) is 39.2 Å². The molecule has 2 aliphatic heterocycles. The quantitative estimate of drug-likeness (QED) is 0.876. The van der Waals surface area contributed by atoms with Crippen molar-refractivity contribution in [2.24, 2.45) is 5.73 Å². The minimum atomic E-state index is -0.730. The van der Waals surface area contributed by atoms with Crippen molar-refractivity contribution in [2.75, 3.05) is 44.3 Å². The minimum absolute atomic E-state index is 0.0646. The lowest BCUT2D eigenvalue weighted by Gasteiger charge is -2.44. The van der Waals surface area contributed by atoms with E-state index in [2.05, 4.69) is 4.90 Å². The van der Waals surface area contributed by atoms with Gasteiger partial charge in [0.05, 0.1) is 12.3 Å². The van der Waals surface area contributed by atoms with Crippen molar-refractivity contribution in [2.45, 2.75) is 12.0 Å². The average Bonchev–Trinajstić information content (AvgIpc) is 3.06. The zero-order chi connectivity index (χ0) is 16.4. The molecule has 1 atom stereocenters. The van der Waals surface area contributed by atoms with Gasteiger partial charge in [-0.1, -0.05) is 6.07 Å². The fourth-order valence-electron chi connectivity index (χ4n) is 3.42. The minimum Gasteiger partial charge on any atom is -0.379 e. The van der Waals surface area contributed by atoms with Gasteiger partial charge in [-0.3, -0.25) is 9.69 Å². The maximum atomic E-state index is 13.8. The van der Waals surface area contributed by atoms with E-state index in [0.29, 0.717) is 51.5 Å². The molecule has 23 heavy (non-hydrogen) atoms. The largest absolute Gasteiger partial charge is 0.379 e. The summed E-state index contributed by atoms with van der Waals surface area (Å²) in [7, 11) is 0. The van der Waals surface area contributed by atoms with E-state index < -0.39 is 11.4 Å². The summed E-state index contributed by atoms with van der Waals surface area (Å²) in [6.07, 6.45) is 0.603. The van der Waals surface area contributed by atoms with Gasteiger partial charge in [-0.2, -0.15) is 5.26 Å². The Hall–Kier alpha value is -2.17. The van der Waals surface area contributed by atoms with Crippen LogP contribution in [-0.2, 0) is 9.53 Å². The lowest BCUT2D eigenvalue weighted by Crippen LogP contribution is -2.63. The average molecular weight is 318 g/mol. The highest BCUT2D eigenvalue weighted by Gasteiger charge is 2.46. The van der Waals surface area contributed by atoms with E-state index in [1.165, 1.54) is 6.07 Å². The Morgan fingerprint density at radius 3 is 2.65 bits per heavy atom. The van der Waals surface area contributed by atoms with Crippen molar-refractivity contribution in [1.29, 1.82) is 5.26 Å². The predicted octanol–water partition coefficient (Wildman–Crippen LogP) is 0.464. The van der Waals surface area contributed by atoms with Crippen molar-refractivity contribution in [3.63, 3.8) is 0 Å². The molecule has 0 spiro atoms. The molecule has 0 saturated carbocycles. The molecule has 122 valence electrons. The molecule has 2 fully saturated rings. The molecule has 1 aromatic rings. The third-order valence-corrected chi connectivity index (χ3v) is 4.79. The van der Waals surface area contributed by atoms with Crippen LogP contribution in [-0.4, -0.2) is 55.7 Å². The molecular weight excluding hydrogens is 299 g/mol. The van der Waals surface area contributed by atoms with Gasteiger partial charge in [-0.05, 0) is 12.1 Å². The molecule has 2 aliphatic rings. The van der Waals surface area contributed by atoms with Gasteiger partial charge in [0.25, 0.3) is 0 Å². The van der Waals surface area contributed by atoms with E-state index in [0.717, 1.165) is 0 Å². The van der Waals surface area contributed by atoms with Crippen LogP contribution in [0.2, 0.25) is 0 Å². The summed E-state index contributed by atoms with van der Waals surface area (Å²) in [5.74, 6) is -0.864. The normalized spacial score (nSPS) is 25.3. The number of primary amides is 1. The Morgan fingerprint density at radius 2 is 2.09 bits per heavy atom. The Kier molecular flexibility index (Phi) is 4.20. The first-order valence-corrected chi connectivity index (χ1v) is 7.65. The van der Waals surface area contributed by atoms with Gasteiger partial charge >= 0.3 is 0 Å². The number of amides is 1. The highest BCUT2D eigenvalue weighted by molar-refractivity contribution is 5.85. The van der Waals surface area contributed by atoms with Crippen LogP contribution in [0.3, 0.4) is 0 Å². The summed E-state index contributed by atoms with van der Waals surface area (Å²) < 4.78 is 19.1. The van der Waals surface area contributed by atoms with Crippen LogP contribution in [0.25, 0.3) is 0 Å². The van der Waals surface area contributed by atoms with E-state index in [1.54, 1.807) is 12.1 Å². The maximum Gasteiger partial charge on any atom is 0.240 e. The summed E-state index contributed by atoms with van der Waals surface area (Å²) in [5, 5.41) is 9.16. The number of nitrogens with two attached hydrogens (primary N) is 1. The maximum absolute atomic E-state index is 13.8. The standard InChI is InChI=1S/C16H19FN4O2/c17-13-2-1-3-14(12(13)10-18)20-5-7-21(8-6-20)16(15(19)22)4-9-23-11-16/h1-3H,4-9,11H2,(H2,19,22). The molecule has 1 aromatic carbocycles. The zero-order valence-electron chi connectivity index (χ0n) is 12.8. The van der Waals surface area contributed by atoms with E-state index in [9.17, 15) is 9.18 Å². The van der Waals surface area contributed by atoms with Gasteiger partial charge in [0.15, 0.2) is 0 Å². The van der Waals surface area contributed by atoms with E-state index in [-0.39, 0.29) is 11.5 Å². The highest BCUT2D eigenvalue weighted by atomic mass is 19.1. The second-order valence-electron chi connectivity index (χ2n) is 5.92. The monoisotopic (exact) mass is 318 g/mol. The van der Waals surface area contributed by atoms with Crippen LogP contribution in [0.5, 0.6) is 0 Å². The molecule has 6 nitrogen and oxygen atoms in total. The smallest absolute Gasteiger partial charge is 0.240 e. The van der Waals surface area contributed by atoms with Crippen molar-refractivity contribution >= 4 is 11.6 Å². The highest BCUT2D eigenvalue weighted by Crippen LogP contribution is 2.29. The van der Waals surface area contributed by atoms with Crippen LogP contribution in [0.1, 0.15) is 12.0 Å². The SMILES string of the molecule is N#Cc1c(F)cccc1N1CCN(C2(C(N)=O)CCOC2)CC1. The third-order valence-electron chi connectivity index (χ3n) is 4.79. The third kappa shape index (κ3) is 2.64. The van der Waals surface area contributed by atoms with E-state index in [4.69, 9.17) is 15.7 Å². The van der Waals surface area contributed by atoms with Gasteiger partial charge in [-0.15, -0.1) is 0 Å². The number of piperazine rings is 1. The molecule has 0 radical (unpaired) electrons. The number of ether oxygens (including phenoxy) is 1. The molecule has 0 aromatic heterocycles. The number of carbonyl (C=O) groups excluding carboxylic acids is 1. The van der Waals surface area contributed by atoms with E-state index in [1.807, 2.05) is 11.0 Å². The predicted molar refractivity (Wildman–Crippen MR) is 82.3 cm³/mol. The Morgan fingerprint density at radius 1 is 1.35 bits per heavy atom. The van der Waals surface area contributed by atoms with Crippen LogP contribution in [0, 0.1) is 17.1 Å². The first-order chi connectivity index (χ1) is 11.1. The number of rotatable bonds is 3. The summed E-state index contributed by atoms with van der Waals surface area (Å²) in [6.45, 7) is 3.30. The number of nitrogens with zero attached hydrogens (tertiary/aromatic N) is 3. The number of hydrogen-bond acceptors (Lipinski definition) is 5. The second-order valence-corrected chi connectivity index (χ2v) is 5.92. The first-order valence-electron chi connectivity index (χ1n) is 7.65. The summed E-state index contributed by atoms with van der Waals surface area (Å²) in [4.78, 5) is 15.9. The second kappa shape index (κ2) is 6.14. The zero-order valence-corrected chi connectivity index (χ0v) is 12.8. The number of nitriles is 1. The molecule has 3 rings (SSSR count). The molecule has 7 heteroatoms. The molecule has 2 saturated heterocycles. The van der Waals surface area contributed by atoms with Gasteiger partial charge in [0.1, 0.15) is 23.0 Å². The van der Waals surface area contributed by atoms with Crippen molar-refractivity contribution in [3.8, 4) is 6.07 Å². The number of halogens is 1. The Labute approximate surface area is 134 Å². The molecule has 2 heterocycles. The van der Waals surface area contributed by atoms with Crippen molar-refractivity contribution in [1.82, 2.24) is 4.90 Å². The van der Waals surface area contributed by atoms with Crippen LogP contribution < -0.4 is 10.6 Å². The van der Waals surface area contributed by atoms with Crippen LogP contribution >= 0.6 is 0 Å². The topological polar surface area (TPSA) is 82.6 Å². The number of carbonyl (C=O) groups is 1. The Bertz CT molecular complexity index is 644. The van der Waals surface area contributed by atoms with Gasteiger partial charge < -0.3 is 15.4 Å². The number of hydrogen-bond donors (Lipinski definition) is 1. The molecule has 0 bridgehead atoms. The van der Waals surface area contributed by atoms with Gasteiger partial charge in [-0.25, -0.2) is 4.39 Å². The molecule has 2 N–H and O–H groups in total. The van der Waals surface area contributed by atoms with Crippen molar-refractivity contribution in [3.05, 3.63) is 29.6 Å². The lowest BCUT2D eigenvalue weighted by atomic mass is 9.94. The molecule has 1 unspecified atom stereocenters. The first kappa shape index (κ1) is 15.7. The Balaban J connectivity index is 1.76. The fraction of sp³-hybridized carbons (Fsp3) is 0.500. The summed E-state index contributed by atoms with van der Waals surface area (Å²) in [5.41, 5.74) is 5.54. The van der Waals surface area contributed by atoms with Gasteiger partial charge in [0.2, 0.25) is 5.91 Å². The van der Waals surface area contributed by atoms with Crippen LogP contribution in [0.15, 0.2) is 18.2 Å². The number of benzene rings is 1. The molecular formula is C16H19FN4O2. The molecule has 1 amide bonds. The van der Waals surface area contributed by atoms with Crippen molar-refractivity contribution < 1.29 is 13.9 Å². The van der Waals surface area contributed by atoms with Crippen LogP contribution in [0.4, 0.5) is 10.1 Å². The van der Waals surface area contributed by atoms with E-state index >= 15 is 0 Å². The summed E-state index contributed by atoms with van der Waals surface area (Å²) in [6, 6.07) is 6.57.